The lowest BCUT2D eigenvalue weighted by molar-refractivity contribution is 0.113. The molecule has 0 aliphatic rings. The van der Waals surface area contributed by atoms with Gasteiger partial charge in [-0.25, -0.2) is 8.78 Å². The van der Waals surface area contributed by atoms with Crippen LogP contribution in [0.3, 0.4) is 0 Å². The van der Waals surface area contributed by atoms with Gasteiger partial charge in [-0.3, -0.25) is 0 Å². The molecule has 2 unspecified atom stereocenters. The molecule has 114 valence electrons. The third-order valence-electron chi connectivity index (χ3n) is 4.37. The van der Waals surface area contributed by atoms with E-state index in [0.717, 1.165) is 19.0 Å². The molecule has 1 N–H and O–H groups in total. The number of benzene rings is 1. The van der Waals surface area contributed by atoms with Crippen molar-refractivity contribution in [1.82, 2.24) is 10.2 Å². The first kappa shape index (κ1) is 17.1. The molecule has 0 aromatic heterocycles. The molecule has 0 aliphatic carbocycles. The van der Waals surface area contributed by atoms with Crippen molar-refractivity contribution in [2.75, 3.05) is 20.6 Å². The number of rotatable bonds is 7. The van der Waals surface area contributed by atoms with Crippen LogP contribution in [0.2, 0.25) is 0 Å². The van der Waals surface area contributed by atoms with Crippen LogP contribution in [-0.4, -0.2) is 37.1 Å². The number of hydrogen-bond donors (Lipinski definition) is 1. The molecule has 0 bridgehead atoms. The zero-order valence-corrected chi connectivity index (χ0v) is 13.1. The van der Waals surface area contributed by atoms with E-state index < -0.39 is 0 Å². The Balaban J connectivity index is 3.05. The van der Waals surface area contributed by atoms with Crippen LogP contribution in [0.15, 0.2) is 18.2 Å². The van der Waals surface area contributed by atoms with Crippen molar-refractivity contribution >= 4 is 0 Å². The Kier molecular flexibility index (Phi) is 6.08. The summed E-state index contributed by atoms with van der Waals surface area (Å²) >= 11 is 0. The van der Waals surface area contributed by atoms with Gasteiger partial charge in [0, 0.05) is 11.6 Å². The van der Waals surface area contributed by atoms with Gasteiger partial charge in [0.1, 0.15) is 11.6 Å². The van der Waals surface area contributed by atoms with Gasteiger partial charge in [-0.05, 0) is 64.2 Å². The van der Waals surface area contributed by atoms with Crippen LogP contribution in [0, 0.1) is 11.6 Å². The molecule has 1 rings (SSSR count). The average molecular weight is 284 g/mol. The molecule has 20 heavy (non-hydrogen) atoms. The zero-order chi connectivity index (χ0) is 15.3. The molecule has 1 aromatic rings. The highest BCUT2D eigenvalue weighted by Crippen LogP contribution is 2.25. The second kappa shape index (κ2) is 7.14. The Labute approximate surface area is 121 Å². The van der Waals surface area contributed by atoms with Gasteiger partial charge in [0.2, 0.25) is 0 Å². The van der Waals surface area contributed by atoms with E-state index in [1.54, 1.807) is 0 Å². The van der Waals surface area contributed by atoms with E-state index in [-0.39, 0.29) is 23.2 Å². The van der Waals surface area contributed by atoms with Crippen molar-refractivity contribution in [3.8, 4) is 0 Å². The molecule has 0 aliphatic heterocycles. The number of nitrogens with zero attached hydrogens (tertiary/aromatic N) is 1. The predicted octanol–water partition coefficient (Wildman–Crippen LogP) is 3.22. The van der Waals surface area contributed by atoms with Gasteiger partial charge in [-0.1, -0.05) is 13.8 Å². The maximum atomic E-state index is 13.9. The van der Waals surface area contributed by atoms with Crippen LogP contribution < -0.4 is 5.32 Å². The molecular formula is C16H26F2N2. The standard InChI is InChI=1S/C16H26F2N2/c1-6-16(3,20(4)5)15(19-7-2)11-12-10-13(17)8-9-14(12)18/h8-10,15,19H,6-7,11H2,1-5H3. The van der Waals surface area contributed by atoms with Gasteiger partial charge in [-0.15, -0.1) is 0 Å². The summed E-state index contributed by atoms with van der Waals surface area (Å²) in [6.07, 6.45) is 1.40. The zero-order valence-electron chi connectivity index (χ0n) is 13.1. The number of halogens is 2. The average Bonchev–Trinajstić information content (AvgIpc) is 2.41. The van der Waals surface area contributed by atoms with E-state index >= 15 is 0 Å². The molecule has 0 saturated heterocycles. The second-order valence-electron chi connectivity index (χ2n) is 5.66. The minimum absolute atomic E-state index is 0.0591. The predicted molar refractivity (Wildman–Crippen MR) is 79.9 cm³/mol. The van der Waals surface area contributed by atoms with Crippen LogP contribution in [0.1, 0.15) is 32.8 Å². The highest BCUT2D eigenvalue weighted by atomic mass is 19.1. The molecule has 2 nitrogen and oxygen atoms in total. The summed E-state index contributed by atoms with van der Waals surface area (Å²) in [5, 5.41) is 3.42. The molecule has 0 fully saturated rings. The summed E-state index contributed by atoms with van der Waals surface area (Å²) in [4.78, 5) is 2.15. The van der Waals surface area contributed by atoms with E-state index in [9.17, 15) is 8.78 Å². The number of likely N-dealkylation sites (N-methyl/N-ethyl adjacent to an activating group) is 2. The van der Waals surface area contributed by atoms with Crippen molar-refractivity contribution in [2.24, 2.45) is 0 Å². The summed E-state index contributed by atoms with van der Waals surface area (Å²) < 4.78 is 27.2. The van der Waals surface area contributed by atoms with Crippen molar-refractivity contribution in [1.29, 1.82) is 0 Å². The van der Waals surface area contributed by atoms with Crippen LogP contribution >= 0.6 is 0 Å². The molecule has 0 saturated carbocycles. The minimum Gasteiger partial charge on any atom is -0.312 e. The minimum atomic E-state index is -0.389. The fourth-order valence-electron chi connectivity index (χ4n) is 2.55. The number of hydrogen-bond acceptors (Lipinski definition) is 2. The topological polar surface area (TPSA) is 15.3 Å². The normalized spacial score (nSPS) is 16.2. The van der Waals surface area contributed by atoms with Crippen LogP contribution in [0.25, 0.3) is 0 Å². The van der Waals surface area contributed by atoms with Gasteiger partial charge in [-0.2, -0.15) is 0 Å². The molecule has 0 amide bonds. The largest absolute Gasteiger partial charge is 0.312 e. The first-order valence-electron chi connectivity index (χ1n) is 7.19. The molecule has 0 radical (unpaired) electrons. The van der Waals surface area contributed by atoms with Crippen molar-refractivity contribution in [3.05, 3.63) is 35.4 Å². The van der Waals surface area contributed by atoms with Crippen LogP contribution in [0.5, 0.6) is 0 Å². The first-order chi connectivity index (χ1) is 9.35. The molecule has 1 aromatic carbocycles. The Hall–Kier alpha value is -1.00. The molecule has 2 atom stereocenters. The summed E-state index contributed by atoms with van der Waals surface area (Å²) in [6, 6.07) is 3.72. The van der Waals surface area contributed by atoms with Gasteiger partial charge >= 0.3 is 0 Å². The van der Waals surface area contributed by atoms with Crippen molar-refractivity contribution in [3.63, 3.8) is 0 Å². The summed E-state index contributed by atoms with van der Waals surface area (Å²) in [6.45, 7) is 7.09. The Morgan fingerprint density at radius 2 is 1.90 bits per heavy atom. The van der Waals surface area contributed by atoms with Gasteiger partial charge < -0.3 is 10.2 Å². The third kappa shape index (κ3) is 3.76. The Bertz CT molecular complexity index is 434. The fraction of sp³-hybridized carbons (Fsp3) is 0.625. The fourth-order valence-corrected chi connectivity index (χ4v) is 2.55. The quantitative estimate of drug-likeness (QED) is 0.827. The lowest BCUT2D eigenvalue weighted by Gasteiger charge is -2.43. The molecular weight excluding hydrogens is 258 g/mol. The van der Waals surface area contributed by atoms with E-state index in [4.69, 9.17) is 0 Å². The van der Waals surface area contributed by atoms with E-state index in [1.807, 2.05) is 21.0 Å². The lowest BCUT2D eigenvalue weighted by Crippen LogP contribution is -2.57. The van der Waals surface area contributed by atoms with E-state index in [1.165, 1.54) is 12.1 Å². The van der Waals surface area contributed by atoms with Gasteiger partial charge in [0.15, 0.2) is 0 Å². The van der Waals surface area contributed by atoms with Crippen LogP contribution in [0.4, 0.5) is 8.78 Å². The molecule has 4 heteroatoms. The first-order valence-corrected chi connectivity index (χ1v) is 7.19. The van der Waals surface area contributed by atoms with Gasteiger partial charge in [0.25, 0.3) is 0 Å². The SMILES string of the molecule is CCNC(Cc1cc(F)ccc1F)C(C)(CC)N(C)C. The van der Waals surface area contributed by atoms with Crippen molar-refractivity contribution < 1.29 is 8.78 Å². The molecule has 0 spiro atoms. The van der Waals surface area contributed by atoms with Gasteiger partial charge in [0.05, 0.1) is 0 Å². The monoisotopic (exact) mass is 284 g/mol. The maximum absolute atomic E-state index is 13.9. The molecule has 0 heterocycles. The van der Waals surface area contributed by atoms with Crippen molar-refractivity contribution in [2.45, 2.75) is 45.2 Å². The lowest BCUT2D eigenvalue weighted by atomic mass is 9.84. The summed E-state index contributed by atoms with van der Waals surface area (Å²) in [5.41, 5.74) is 0.312. The smallest absolute Gasteiger partial charge is 0.126 e. The van der Waals surface area contributed by atoms with E-state index in [0.29, 0.717) is 12.0 Å². The Morgan fingerprint density at radius 1 is 1.25 bits per heavy atom. The summed E-state index contributed by atoms with van der Waals surface area (Å²) in [7, 11) is 4.05. The van der Waals surface area contributed by atoms with E-state index in [2.05, 4.69) is 24.1 Å². The Morgan fingerprint density at radius 3 is 2.40 bits per heavy atom. The van der Waals surface area contributed by atoms with Crippen LogP contribution in [-0.2, 0) is 6.42 Å². The maximum Gasteiger partial charge on any atom is 0.126 e. The highest BCUT2D eigenvalue weighted by molar-refractivity contribution is 5.21. The third-order valence-corrected chi connectivity index (χ3v) is 4.37. The summed E-state index contributed by atoms with van der Waals surface area (Å²) in [5.74, 6) is -0.730. The second-order valence-corrected chi connectivity index (χ2v) is 5.66. The number of nitrogens with one attached hydrogen (secondary N) is 1. The highest BCUT2D eigenvalue weighted by Gasteiger charge is 2.34.